The van der Waals surface area contributed by atoms with Gasteiger partial charge in [-0.2, -0.15) is 13.2 Å². The standard InChI is InChI=1S/C6H11F3O/c1-5(4-10)2-3-6(7,8)9/h5,10H,2-4H2,1H3/t5-/m1/s1. The molecule has 1 nitrogen and oxygen atoms in total. The second-order valence-electron chi connectivity index (χ2n) is 2.44. The van der Waals surface area contributed by atoms with E-state index >= 15 is 0 Å². The van der Waals surface area contributed by atoms with Crippen LogP contribution in [-0.4, -0.2) is 17.9 Å². The molecule has 0 aromatic heterocycles. The summed E-state index contributed by atoms with van der Waals surface area (Å²) in [7, 11) is 0. The highest BCUT2D eigenvalue weighted by atomic mass is 19.4. The molecular formula is C6H11F3O. The van der Waals surface area contributed by atoms with Gasteiger partial charge >= 0.3 is 6.18 Å². The SMILES string of the molecule is C[C@@H](CO)CCC(F)(F)F. The highest BCUT2D eigenvalue weighted by molar-refractivity contribution is 4.55. The lowest BCUT2D eigenvalue weighted by atomic mass is 10.1. The van der Waals surface area contributed by atoms with Gasteiger partial charge in [0.05, 0.1) is 0 Å². The van der Waals surface area contributed by atoms with Crippen molar-refractivity contribution >= 4 is 0 Å². The van der Waals surface area contributed by atoms with Crippen LogP contribution in [0.2, 0.25) is 0 Å². The van der Waals surface area contributed by atoms with Gasteiger partial charge in [0.2, 0.25) is 0 Å². The topological polar surface area (TPSA) is 20.2 Å². The normalized spacial score (nSPS) is 15.3. The first-order valence-corrected chi connectivity index (χ1v) is 3.13. The highest BCUT2D eigenvalue weighted by Crippen LogP contribution is 2.23. The van der Waals surface area contributed by atoms with E-state index in [2.05, 4.69) is 0 Å². The lowest BCUT2D eigenvalue weighted by Gasteiger charge is -2.09. The van der Waals surface area contributed by atoms with Crippen LogP contribution in [0, 0.1) is 5.92 Å². The first kappa shape index (κ1) is 9.75. The summed E-state index contributed by atoms with van der Waals surface area (Å²) in [5.74, 6) is -0.248. The number of hydrogen-bond donors (Lipinski definition) is 1. The number of halogens is 3. The molecule has 0 heterocycles. The van der Waals surface area contributed by atoms with Gasteiger partial charge in [0.1, 0.15) is 0 Å². The van der Waals surface area contributed by atoms with Gasteiger partial charge in [-0.3, -0.25) is 0 Å². The van der Waals surface area contributed by atoms with Gasteiger partial charge in [-0.15, -0.1) is 0 Å². The van der Waals surface area contributed by atoms with Crippen molar-refractivity contribution in [1.29, 1.82) is 0 Å². The van der Waals surface area contributed by atoms with Gasteiger partial charge < -0.3 is 5.11 Å². The van der Waals surface area contributed by atoms with E-state index in [-0.39, 0.29) is 18.9 Å². The number of aliphatic hydroxyl groups excluding tert-OH is 1. The van der Waals surface area contributed by atoms with E-state index in [1.165, 1.54) is 0 Å². The number of alkyl halides is 3. The van der Waals surface area contributed by atoms with Gasteiger partial charge in [0.25, 0.3) is 0 Å². The third-order valence-corrected chi connectivity index (χ3v) is 1.23. The molecule has 0 aliphatic rings. The van der Waals surface area contributed by atoms with Crippen LogP contribution in [0.1, 0.15) is 19.8 Å². The van der Waals surface area contributed by atoms with E-state index in [4.69, 9.17) is 5.11 Å². The molecule has 0 radical (unpaired) electrons. The molecule has 0 saturated carbocycles. The molecule has 0 aromatic carbocycles. The van der Waals surface area contributed by atoms with Crippen LogP contribution in [0.4, 0.5) is 13.2 Å². The van der Waals surface area contributed by atoms with Crippen LogP contribution >= 0.6 is 0 Å². The third kappa shape index (κ3) is 5.88. The van der Waals surface area contributed by atoms with E-state index in [0.717, 1.165) is 0 Å². The summed E-state index contributed by atoms with van der Waals surface area (Å²) in [5.41, 5.74) is 0. The van der Waals surface area contributed by atoms with E-state index in [0.29, 0.717) is 0 Å². The maximum Gasteiger partial charge on any atom is 0.389 e. The Morgan fingerprint density at radius 1 is 1.40 bits per heavy atom. The van der Waals surface area contributed by atoms with Crippen LogP contribution < -0.4 is 0 Å². The number of aliphatic hydroxyl groups is 1. The maximum atomic E-state index is 11.5. The summed E-state index contributed by atoms with van der Waals surface area (Å²) >= 11 is 0. The van der Waals surface area contributed by atoms with Crippen molar-refractivity contribution in [2.45, 2.75) is 25.9 Å². The molecule has 0 unspecified atom stereocenters. The third-order valence-electron chi connectivity index (χ3n) is 1.23. The Bertz CT molecular complexity index is 89.5. The molecule has 1 N–H and O–H groups in total. The van der Waals surface area contributed by atoms with Crippen molar-refractivity contribution in [3.63, 3.8) is 0 Å². The first-order chi connectivity index (χ1) is 4.45. The van der Waals surface area contributed by atoms with Gasteiger partial charge in [-0.25, -0.2) is 0 Å². The van der Waals surface area contributed by atoms with E-state index in [1.807, 2.05) is 0 Å². The molecule has 0 aromatic rings. The lowest BCUT2D eigenvalue weighted by molar-refractivity contribution is -0.137. The van der Waals surface area contributed by atoms with Crippen molar-refractivity contribution in [2.24, 2.45) is 5.92 Å². The molecular weight excluding hydrogens is 145 g/mol. The van der Waals surface area contributed by atoms with Crippen LogP contribution in [0.3, 0.4) is 0 Å². The van der Waals surface area contributed by atoms with E-state index in [1.54, 1.807) is 6.92 Å². The number of rotatable bonds is 3. The number of hydrogen-bond acceptors (Lipinski definition) is 1. The molecule has 1 atom stereocenters. The van der Waals surface area contributed by atoms with Gasteiger partial charge in [0, 0.05) is 13.0 Å². The lowest BCUT2D eigenvalue weighted by Crippen LogP contribution is -2.11. The molecule has 0 aliphatic carbocycles. The zero-order valence-corrected chi connectivity index (χ0v) is 5.78. The molecule has 62 valence electrons. The molecule has 0 amide bonds. The molecule has 0 fully saturated rings. The summed E-state index contributed by atoms with van der Waals surface area (Å²) in [5, 5.41) is 8.36. The second kappa shape index (κ2) is 3.81. The zero-order valence-electron chi connectivity index (χ0n) is 5.78. The summed E-state index contributed by atoms with van der Waals surface area (Å²) < 4.78 is 34.4. The largest absolute Gasteiger partial charge is 0.396 e. The summed E-state index contributed by atoms with van der Waals surface area (Å²) in [6, 6.07) is 0. The molecule has 0 spiro atoms. The fourth-order valence-electron chi connectivity index (χ4n) is 0.501. The minimum Gasteiger partial charge on any atom is -0.396 e. The fourth-order valence-corrected chi connectivity index (χ4v) is 0.501. The van der Waals surface area contributed by atoms with E-state index in [9.17, 15) is 13.2 Å². The molecule has 0 bridgehead atoms. The molecule has 10 heavy (non-hydrogen) atoms. The second-order valence-corrected chi connectivity index (χ2v) is 2.44. The predicted octanol–water partition coefficient (Wildman–Crippen LogP) is 1.96. The average Bonchev–Trinajstić information content (AvgIpc) is 1.81. The Morgan fingerprint density at radius 2 is 1.90 bits per heavy atom. The van der Waals surface area contributed by atoms with Gasteiger partial charge in [0.15, 0.2) is 0 Å². The van der Waals surface area contributed by atoms with Crippen LogP contribution in [0.15, 0.2) is 0 Å². The average molecular weight is 156 g/mol. The van der Waals surface area contributed by atoms with E-state index < -0.39 is 12.6 Å². The quantitative estimate of drug-likeness (QED) is 0.662. The van der Waals surface area contributed by atoms with Crippen molar-refractivity contribution < 1.29 is 18.3 Å². The Kier molecular flexibility index (Phi) is 3.71. The Morgan fingerprint density at radius 3 is 2.20 bits per heavy atom. The van der Waals surface area contributed by atoms with Crippen LogP contribution in [0.25, 0.3) is 0 Å². The minimum absolute atomic E-state index is 0.0139. The van der Waals surface area contributed by atoms with Gasteiger partial charge in [-0.05, 0) is 12.3 Å². The van der Waals surface area contributed by atoms with Crippen LogP contribution in [-0.2, 0) is 0 Å². The first-order valence-electron chi connectivity index (χ1n) is 3.13. The minimum atomic E-state index is -4.08. The molecule has 0 rings (SSSR count). The summed E-state index contributed by atoms with van der Waals surface area (Å²) in [4.78, 5) is 0. The summed E-state index contributed by atoms with van der Waals surface area (Å²) in [6.07, 6.45) is -4.86. The Labute approximate surface area is 57.9 Å². The van der Waals surface area contributed by atoms with Crippen LogP contribution in [0.5, 0.6) is 0 Å². The molecule has 0 aliphatic heterocycles. The fraction of sp³-hybridized carbons (Fsp3) is 1.00. The highest BCUT2D eigenvalue weighted by Gasteiger charge is 2.26. The molecule has 4 heteroatoms. The summed E-state index contributed by atoms with van der Waals surface area (Å²) in [6.45, 7) is 1.42. The molecule has 0 saturated heterocycles. The zero-order chi connectivity index (χ0) is 8.20. The van der Waals surface area contributed by atoms with Crippen molar-refractivity contribution in [3.8, 4) is 0 Å². The monoisotopic (exact) mass is 156 g/mol. The predicted molar refractivity (Wildman–Crippen MR) is 31.5 cm³/mol. The maximum absolute atomic E-state index is 11.5. The van der Waals surface area contributed by atoms with Crippen molar-refractivity contribution in [1.82, 2.24) is 0 Å². The van der Waals surface area contributed by atoms with Crippen molar-refractivity contribution in [3.05, 3.63) is 0 Å². The Balaban J connectivity index is 3.36. The smallest absolute Gasteiger partial charge is 0.389 e. The van der Waals surface area contributed by atoms with Gasteiger partial charge in [-0.1, -0.05) is 6.92 Å². The van der Waals surface area contributed by atoms with Crippen molar-refractivity contribution in [2.75, 3.05) is 6.61 Å². The Hall–Kier alpha value is -0.250.